The van der Waals surface area contributed by atoms with E-state index in [-0.39, 0.29) is 12.1 Å². The van der Waals surface area contributed by atoms with E-state index in [1.165, 1.54) is 0 Å². The maximum Gasteiger partial charge on any atom is 0.220 e. The standard InChI is InChI=1S/C15H19BrN4O/c1-9-12-7-10(16)8-13(14(12)19-15(17)18-9)21-11-3-5-20(2)6-4-11/h7-8,11H,3-6H2,1-2H3,(H2,17,18,19). The monoisotopic (exact) mass is 350 g/mol. The number of rotatable bonds is 2. The SMILES string of the molecule is Cc1nc(N)nc2c(OC3CCN(C)CC3)cc(Br)cc12. The summed E-state index contributed by atoms with van der Waals surface area (Å²) in [5.41, 5.74) is 7.45. The van der Waals surface area contributed by atoms with Crippen LogP contribution in [0.4, 0.5) is 5.95 Å². The molecule has 0 aliphatic carbocycles. The topological polar surface area (TPSA) is 64.3 Å². The zero-order valence-electron chi connectivity index (χ0n) is 12.3. The third kappa shape index (κ3) is 3.11. The molecule has 2 heterocycles. The highest BCUT2D eigenvalue weighted by molar-refractivity contribution is 9.10. The maximum atomic E-state index is 6.21. The molecule has 0 unspecified atom stereocenters. The number of hydrogen-bond acceptors (Lipinski definition) is 5. The highest BCUT2D eigenvalue weighted by Gasteiger charge is 2.20. The highest BCUT2D eigenvalue weighted by Crippen LogP contribution is 2.32. The molecule has 21 heavy (non-hydrogen) atoms. The first kappa shape index (κ1) is 14.5. The van der Waals surface area contributed by atoms with E-state index < -0.39 is 0 Å². The normalized spacial score (nSPS) is 17.3. The van der Waals surface area contributed by atoms with Crippen LogP contribution in [0.25, 0.3) is 10.9 Å². The van der Waals surface area contributed by atoms with E-state index in [1.807, 2.05) is 19.1 Å². The fourth-order valence-corrected chi connectivity index (χ4v) is 3.15. The Morgan fingerprint density at radius 1 is 1.29 bits per heavy atom. The number of anilines is 1. The van der Waals surface area contributed by atoms with Crippen LogP contribution in [0.5, 0.6) is 5.75 Å². The van der Waals surface area contributed by atoms with Gasteiger partial charge in [0.05, 0.1) is 5.69 Å². The molecular weight excluding hydrogens is 332 g/mol. The van der Waals surface area contributed by atoms with Crippen LogP contribution in [0.2, 0.25) is 0 Å². The Hall–Kier alpha value is -1.40. The predicted octanol–water partition coefficient (Wildman–Crippen LogP) is 2.76. The third-order valence-corrected chi connectivity index (χ3v) is 4.36. The van der Waals surface area contributed by atoms with E-state index in [2.05, 4.69) is 37.8 Å². The van der Waals surface area contributed by atoms with Gasteiger partial charge in [-0.05, 0) is 38.9 Å². The van der Waals surface area contributed by atoms with Gasteiger partial charge in [-0.25, -0.2) is 9.97 Å². The lowest BCUT2D eigenvalue weighted by molar-refractivity contribution is 0.115. The first-order valence-electron chi connectivity index (χ1n) is 7.11. The molecule has 0 spiro atoms. The number of nitrogens with two attached hydrogens (primary N) is 1. The number of nitrogens with zero attached hydrogens (tertiary/aromatic N) is 3. The Kier molecular flexibility index (Phi) is 3.99. The molecule has 0 radical (unpaired) electrons. The fraction of sp³-hybridized carbons (Fsp3) is 0.467. The molecule has 2 aromatic rings. The molecule has 0 amide bonds. The predicted molar refractivity (Wildman–Crippen MR) is 87.5 cm³/mol. The van der Waals surface area contributed by atoms with Gasteiger partial charge >= 0.3 is 0 Å². The van der Waals surface area contributed by atoms with Gasteiger partial charge in [0.1, 0.15) is 17.4 Å². The second-order valence-corrected chi connectivity index (χ2v) is 6.50. The lowest BCUT2D eigenvalue weighted by Crippen LogP contribution is -2.35. The van der Waals surface area contributed by atoms with Crippen molar-refractivity contribution < 1.29 is 4.74 Å². The third-order valence-electron chi connectivity index (χ3n) is 3.90. The van der Waals surface area contributed by atoms with Crippen LogP contribution >= 0.6 is 15.9 Å². The summed E-state index contributed by atoms with van der Waals surface area (Å²) in [6.45, 7) is 4.06. The Morgan fingerprint density at radius 2 is 2.00 bits per heavy atom. The van der Waals surface area contributed by atoms with Gasteiger partial charge in [-0.2, -0.15) is 0 Å². The zero-order valence-corrected chi connectivity index (χ0v) is 13.9. The summed E-state index contributed by atoms with van der Waals surface area (Å²) < 4.78 is 7.17. The van der Waals surface area contributed by atoms with Gasteiger partial charge in [-0.1, -0.05) is 15.9 Å². The van der Waals surface area contributed by atoms with Crippen LogP contribution in [-0.2, 0) is 0 Å². The molecule has 1 aromatic carbocycles. The Morgan fingerprint density at radius 3 is 2.71 bits per heavy atom. The second-order valence-electron chi connectivity index (χ2n) is 5.59. The van der Waals surface area contributed by atoms with Gasteiger partial charge in [0.2, 0.25) is 5.95 Å². The summed E-state index contributed by atoms with van der Waals surface area (Å²) in [4.78, 5) is 10.9. The molecule has 6 heteroatoms. The molecule has 1 fully saturated rings. The van der Waals surface area contributed by atoms with Crippen LogP contribution in [0.3, 0.4) is 0 Å². The number of fused-ring (bicyclic) bond motifs is 1. The molecule has 0 atom stereocenters. The maximum absolute atomic E-state index is 6.21. The van der Waals surface area contributed by atoms with Gasteiger partial charge in [-0.3, -0.25) is 0 Å². The first-order valence-corrected chi connectivity index (χ1v) is 7.91. The number of likely N-dealkylation sites (tertiary alicyclic amines) is 1. The molecule has 1 aliphatic heterocycles. The first-order chi connectivity index (χ1) is 10.0. The minimum absolute atomic E-state index is 0.232. The van der Waals surface area contributed by atoms with Crippen LogP contribution < -0.4 is 10.5 Å². The largest absolute Gasteiger partial charge is 0.488 e. The van der Waals surface area contributed by atoms with Gasteiger partial charge in [0.25, 0.3) is 0 Å². The number of benzene rings is 1. The molecule has 1 aliphatic rings. The summed E-state index contributed by atoms with van der Waals surface area (Å²) in [5, 5.41) is 0.974. The Balaban J connectivity index is 1.97. The summed E-state index contributed by atoms with van der Waals surface area (Å²) in [6, 6.07) is 3.97. The molecular formula is C15H19BrN4O. The van der Waals surface area contributed by atoms with Gasteiger partial charge in [0.15, 0.2) is 0 Å². The average molecular weight is 351 g/mol. The van der Waals surface area contributed by atoms with Crippen molar-refractivity contribution in [3.05, 3.63) is 22.3 Å². The van der Waals surface area contributed by atoms with Crippen molar-refractivity contribution in [3.8, 4) is 5.75 Å². The van der Waals surface area contributed by atoms with E-state index in [4.69, 9.17) is 10.5 Å². The number of aryl methyl sites for hydroxylation is 1. The van der Waals surface area contributed by atoms with Crippen molar-refractivity contribution >= 4 is 32.8 Å². The molecule has 3 rings (SSSR count). The second kappa shape index (κ2) is 5.77. The van der Waals surface area contributed by atoms with Gasteiger partial charge in [0, 0.05) is 22.9 Å². The van der Waals surface area contributed by atoms with Crippen molar-refractivity contribution in [3.63, 3.8) is 0 Å². The number of aromatic nitrogens is 2. The lowest BCUT2D eigenvalue weighted by Gasteiger charge is -2.29. The van der Waals surface area contributed by atoms with Crippen molar-refractivity contribution in [1.29, 1.82) is 0 Å². The minimum atomic E-state index is 0.232. The quantitative estimate of drug-likeness (QED) is 0.901. The minimum Gasteiger partial charge on any atom is -0.488 e. The van der Waals surface area contributed by atoms with Crippen LogP contribution in [-0.4, -0.2) is 41.1 Å². The molecule has 112 valence electrons. The van der Waals surface area contributed by atoms with Crippen molar-refractivity contribution in [2.24, 2.45) is 0 Å². The van der Waals surface area contributed by atoms with E-state index >= 15 is 0 Å². The van der Waals surface area contributed by atoms with Crippen LogP contribution in [0.15, 0.2) is 16.6 Å². The number of hydrogen-bond donors (Lipinski definition) is 1. The summed E-state index contributed by atoms with van der Waals surface area (Å²) in [6.07, 6.45) is 2.30. The van der Waals surface area contributed by atoms with E-state index in [9.17, 15) is 0 Å². The lowest BCUT2D eigenvalue weighted by atomic mass is 10.1. The fourth-order valence-electron chi connectivity index (χ4n) is 2.71. The number of ether oxygens (including phenoxy) is 1. The Bertz CT molecular complexity index is 668. The number of nitrogen functional groups attached to an aromatic ring is 1. The molecule has 0 saturated carbocycles. The van der Waals surface area contributed by atoms with E-state index in [0.717, 1.165) is 52.8 Å². The molecule has 1 aromatic heterocycles. The molecule has 1 saturated heterocycles. The van der Waals surface area contributed by atoms with E-state index in [0.29, 0.717) is 0 Å². The Labute approximate surface area is 132 Å². The molecule has 2 N–H and O–H groups in total. The van der Waals surface area contributed by atoms with Crippen LogP contribution in [0.1, 0.15) is 18.5 Å². The van der Waals surface area contributed by atoms with Crippen molar-refractivity contribution in [2.75, 3.05) is 25.9 Å². The summed E-state index contributed by atoms with van der Waals surface area (Å²) >= 11 is 3.54. The molecule has 0 bridgehead atoms. The van der Waals surface area contributed by atoms with Crippen molar-refractivity contribution in [2.45, 2.75) is 25.9 Å². The van der Waals surface area contributed by atoms with Gasteiger partial charge < -0.3 is 15.4 Å². The summed E-state index contributed by atoms with van der Waals surface area (Å²) in [7, 11) is 2.14. The molecule has 5 nitrogen and oxygen atoms in total. The highest BCUT2D eigenvalue weighted by atomic mass is 79.9. The number of halogens is 1. The van der Waals surface area contributed by atoms with Crippen molar-refractivity contribution in [1.82, 2.24) is 14.9 Å². The average Bonchev–Trinajstić information content (AvgIpc) is 2.43. The van der Waals surface area contributed by atoms with Crippen LogP contribution in [0, 0.1) is 6.92 Å². The smallest absolute Gasteiger partial charge is 0.220 e. The number of piperidine rings is 1. The van der Waals surface area contributed by atoms with E-state index in [1.54, 1.807) is 0 Å². The van der Waals surface area contributed by atoms with Gasteiger partial charge in [-0.15, -0.1) is 0 Å². The zero-order chi connectivity index (χ0) is 15.0. The summed E-state index contributed by atoms with van der Waals surface area (Å²) in [5.74, 6) is 1.07.